The van der Waals surface area contributed by atoms with Gasteiger partial charge in [-0.05, 0) is 25.5 Å². The molecule has 7 nitrogen and oxygen atoms in total. The molecular weight excluding hydrogens is 306 g/mol. The number of carbonyl (C=O) groups is 2. The van der Waals surface area contributed by atoms with E-state index in [1.165, 1.54) is 4.80 Å². The van der Waals surface area contributed by atoms with Gasteiger partial charge in [-0.2, -0.15) is 9.90 Å². The number of hydrogen-bond acceptors (Lipinski definition) is 4. The number of nitrogens with zero attached hydrogens (tertiary/aromatic N) is 5. The van der Waals surface area contributed by atoms with Crippen LogP contribution in [0.3, 0.4) is 0 Å². The predicted octanol–water partition coefficient (Wildman–Crippen LogP) is 1.27. The minimum absolute atomic E-state index is 0.0514. The normalized spacial score (nSPS) is 15.2. The first kappa shape index (κ1) is 16.2. The van der Waals surface area contributed by atoms with Gasteiger partial charge in [0.1, 0.15) is 0 Å². The Kier molecular flexibility index (Phi) is 4.59. The van der Waals surface area contributed by atoms with Crippen molar-refractivity contribution in [2.45, 2.75) is 20.3 Å². The van der Waals surface area contributed by atoms with Crippen LogP contribution in [0.2, 0.25) is 0 Å². The van der Waals surface area contributed by atoms with E-state index < -0.39 is 0 Å². The average molecular weight is 327 g/mol. The van der Waals surface area contributed by atoms with Crippen molar-refractivity contribution in [1.82, 2.24) is 24.8 Å². The number of aromatic nitrogens is 3. The maximum Gasteiger partial charge on any atom is 0.276 e. The summed E-state index contributed by atoms with van der Waals surface area (Å²) in [7, 11) is 0. The number of para-hydroxylation sites is 1. The van der Waals surface area contributed by atoms with E-state index in [0.29, 0.717) is 37.6 Å². The first-order chi connectivity index (χ1) is 11.6. The minimum Gasteiger partial charge on any atom is -0.341 e. The van der Waals surface area contributed by atoms with Gasteiger partial charge in [-0.15, -0.1) is 5.10 Å². The molecule has 3 rings (SSSR count). The summed E-state index contributed by atoms with van der Waals surface area (Å²) >= 11 is 0. The third-order valence-electron chi connectivity index (χ3n) is 4.20. The Morgan fingerprint density at radius 2 is 1.62 bits per heavy atom. The highest BCUT2D eigenvalue weighted by Gasteiger charge is 2.25. The second-order valence-corrected chi connectivity index (χ2v) is 5.91. The number of rotatable bonds is 2. The molecule has 1 aromatic heterocycles. The number of amides is 2. The topological polar surface area (TPSA) is 71.3 Å². The van der Waals surface area contributed by atoms with Gasteiger partial charge in [-0.3, -0.25) is 9.59 Å². The molecule has 1 aliphatic rings. The summed E-state index contributed by atoms with van der Waals surface area (Å²) in [6.07, 6.45) is 0.775. The Morgan fingerprint density at radius 3 is 2.33 bits per heavy atom. The van der Waals surface area contributed by atoms with Gasteiger partial charge < -0.3 is 9.80 Å². The van der Waals surface area contributed by atoms with E-state index >= 15 is 0 Å². The third-order valence-corrected chi connectivity index (χ3v) is 4.20. The van der Waals surface area contributed by atoms with Crippen molar-refractivity contribution >= 4 is 11.8 Å². The molecule has 2 aromatic rings. The largest absolute Gasteiger partial charge is 0.341 e. The molecule has 0 N–H and O–H groups in total. The summed E-state index contributed by atoms with van der Waals surface area (Å²) in [6, 6.07) is 9.51. The van der Waals surface area contributed by atoms with Gasteiger partial charge in [0.15, 0.2) is 5.69 Å². The molecule has 0 saturated carbocycles. The van der Waals surface area contributed by atoms with Gasteiger partial charge in [0.25, 0.3) is 5.91 Å². The lowest BCUT2D eigenvalue weighted by atomic mass is 10.3. The zero-order valence-electron chi connectivity index (χ0n) is 14.0. The van der Waals surface area contributed by atoms with Crippen LogP contribution in [0.1, 0.15) is 29.5 Å². The molecular formula is C17H21N5O2. The van der Waals surface area contributed by atoms with Crippen molar-refractivity contribution in [3.8, 4) is 5.69 Å². The van der Waals surface area contributed by atoms with Crippen molar-refractivity contribution in [2.75, 3.05) is 26.2 Å². The fourth-order valence-corrected chi connectivity index (χ4v) is 2.84. The van der Waals surface area contributed by atoms with Gasteiger partial charge in [0, 0.05) is 33.1 Å². The minimum atomic E-state index is -0.125. The summed E-state index contributed by atoms with van der Waals surface area (Å²) in [6.45, 7) is 5.75. The molecule has 7 heteroatoms. The zero-order valence-corrected chi connectivity index (χ0v) is 14.0. The SMILES string of the molecule is CC(=O)N1CCCN(C(=O)c2nn(-c3ccccc3)nc2C)CC1. The van der Waals surface area contributed by atoms with Gasteiger partial charge in [-0.25, -0.2) is 0 Å². The molecule has 1 fully saturated rings. The lowest BCUT2D eigenvalue weighted by molar-refractivity contribution is -0.128. The fraction of sp³-hybridized carbons (Fsp3) is 0.412. The smallest absolute Gasteiger partial charge is 0.276 e. The van der Waals surface area contributed by atoms with Crippen LogP contribution in [0.25, 0.3) is 5.69 Å². The van der Waals surface area contributed by atoms with Crippen molar-refractivity contribution in [3.63, 3.8) is 0 Å². The molecule has 2 heterocycles. The highest BCUT2D eigenvalue weighted by atomic mass is 16.2. The predicted molar refractivity (Wildman–Crippen MR) is 88.9 cm³/mol. The summed E-state index contributed by atoms with van der Waals surface area (Å²) < 4.78 is 0. The average Bonchev–Trinajstić information content (AvgIpc) is 2.81. The van der Waals surface area contributed by atoms with E-state index in [9.17, 15) is 9.59 Å². The van der Waals surface area contributed by atoms with Crippen LogP contribution >= 0.6 is 0 Å². The number of hydrogen-bond donors (Lipinski definition) is 0. The number of aryl methyl sites for hydroxylation is 1. The maximum atomic E-state index is 12.8. The van der Waals surface area contributed by atoms with E-state index in [2.05, 4.69) is 10.2 Å². The Hall–Kier alpha value is -2.70. The quantitative estimate of drug-likeness (QED) is 0.833. The Labute approximate surface area is 140 Å². The molecule has 126 valence electrons. The van der Waals surface area contributed by atoms with E-state index in [4.69, 9.17) is 0 Å². The van der Waals surface area contributed by atoms with E-state index in [1.54, 1.807) is 23.6 Å². The van der Waals surface area contributed by atoms with Crippen LogP contribution in [0.5, 0.6) is 0 Å². The number of benzene rings is 1. The van der Waals surface area contributed by atoms with Crippen molar-refractivity contribution in [2.24, 2.45) is 0 Å². The van der Waals surface area contributed by atoms with Crippen molar-refractivity contribution in [3.05, 3.63) is 41.7 Å². The number of carbonyl (C=O) groups excluding carboxylic acids is 2. The Balaban J connectivity index is 1.78. The first-order valence-electron chi connectivity index (χ1n) is 8.10. The van der Waals surface area contributed by atoms with Crippen LogP contribution in [0, 0.1) is 6.92 Å². The fourth-order valence-electron chi connectivity index (χ4n) is 2.84. The van der Waals surface area contributed by atoms with Crippen LogP contribution in [-0.4, -0.2) is 62.8 Å². The van der Waals surface area contributed by atoms with Gasteiger partial charge in [-0.1, -0.05) is 18.2 Å². The highest BCUT2D eigenvalue weighted by Crippen LogP contribution is 2.12. The Bertz CT molecular complexity index is 741. The monoisotopic (exact) mass is 327 g/mol. The molecule has 0 aliphatic carbocycles. The molecule has 2 amide bonds. The standard InChI is InChI=1S/C17H21N5O2/c1-13-16(19-22(18-13)15-7-4-3-5-8-15)17(24)21-10-6-9-20(11-12-21)14(2)23/h3-5,7-8H,6,9-12H2,1-2H3. The van der Waals surface area contributed by atoms with Gasteiger partial charge >= 0.3 is 0 Å². The molecule has 0 unspecified atom stereocenters. The molecule has 0 radical (unpaired) electrons. The van der Waals surface area contributed by atoms with Crippen molar-refractivity contribution < 1.29 is 9.59 Å². The summed E-state index contributed by atoms with van der Waals surface area (Å²) in [5.74, 6) is -0.0735. The maximum absolute atomic E-state index is 12.8. The van der Waals surface area contributed by atoms with Gasteiger partial charge in [0.05, 0.1) is 11.4 Å². The molecule has 1 aromatic carbocycles. The van der Waals surface area contributed by atoms with E-state index in [0.717, 1.165) is 12.1 Å². The van der Waals surface area contributed by atoms with E-state index in [1.807, 2.05) is 30.3 Å². The second kappa shape index (κ2) is 6.82. The lowest BCUT2D eigenvalue weighted by Crippen LogP contribution is -2.37. The zero-order chi connectivity index (χ0) is 17.1. The second-order valence-electron chi connectivity index (χ2n) is 5.91. The lowest BCUT2D eigenvalue weighted by Gasteiger charge is -2.20. The molecule has 1 saturated heterocycles. The molecule has 0 spiro atoms. The molecule has 0 bridgehead atoms. The van der Waals surface area contributed by atoms with Gasteiger partial charge in [0.2, 0.25) is 5.91 Å². The summed E-state index contributed by atoms with van der Waals surface area (Å²) in [5.41, 5.74) is 1.80. The highest BCUT2D eigenvalue weighted by molar-refractivity contribution is 5.93. The molecule has 24 heavy (non-hydrogen) atoms. The molecule has 0 atom stereocenters. The summed E-state index contributed by atoms with van der Waals surface area (Å²) in [4.78, 5) is 29.3. The third kappa shape index (κ3) is 3.29. The van der Waals surface area contributed by atoms with Crippen LogP contribution in [0.4, 0.5) is 0 Å². The molecule has 1 aliphatic heterocycles. The summed E-state index contributed by atoms with van der Waals surface area (Å²) in [5, 5.41) is 8.73. The van der Waals surface area contributed by atoms with Crippen molar-refractivity contribution in [1.29, 1.82) is 0 Å². The Morgan fingerprint density at radius 1 is 0.958 bits per heavy atom. The van der Waals surface area contributed by atoms with E-state index in [-0.39, 0.29) is 11.8 Å². The van der Waals surface area contributed by atoms with Crippen LogP contribution < -0.4 is 0 Å². The first-order valence-corrected chi connectivity index (χ1v) is 8.10. The van der Waals surface area contributed by atoms with Crippen LogP contribution in [0.15, 0.2) is 30.3 Å². The van der Waals surface area contributed by atoms with Crippen LogP contribution in [-0.2, 0) is 4.79 Å².